The standard InChI is InChI=1S/C10H18N2O/c1-4-5-6-10(2,3)8-7-9(11)13-12-8/h7H,4-6,11H2,1-3H3. The van der Waals surface area contributed by atoms with E-state index in [0.29, 0.717) is 5.88 Å². The van der Waals surface area contributed by atoms with Crippen molar-refractivity contribution >= 4 is 5.88 Å². The Morgan fingerprint density at radius 3 is 2.69 bits per heavy atom. The number of hydrogen-bond acceptors (Lipinski definition) is 3. The lowest BCUT2D eigenvalue weighted by atomic mass is 9.84. The molecule has 0 amide bonds. The maximum atomic E-state index is 5.47. The van der Waals surface area contributed by atoms with Crippen LogP contribution in [0.5, 0.6) is 0 Å². The Kier molecular flexibility index (Phi) is 2.96. The summed E-state index contributed by atoms with van der Waals surface area (Å²) in [4.78, 5) is 0. The van der Waals surface area contributed by atoms with Crippen molar-refractivity contribution < 1.29 is 4.52 Å². The van der Waals surface area contributed by atoms with Gasteiger partial charge in [0.05, 0.1) is 5.69 Å². The SMILES string of the molecule is CCCCC(C)(C)c1cc(N)on1. The molecule has 74 valence electrons. The number of nitrogen functional groups attached to an aromatic ring is 1. The van der Waals surface area contributed by atoms with E-state index in [2.05, 4.69) is 25.9 Å². The van der Waals surface area contributed by atoms with E-state index < -0.39 is 0 Å². The van der Waals surface area contributed by atoms with E-state index in [4.69, 9.17) is 10.3 Å². The number of anilines is 1. The molecule has 1 rings (SSSR count). The zero-order valence-corrected chi connectivity index (χ0v) is 8.63. The molecule has 0 aliphatic carbocycles. The Bertz CT molecular complexity index is 266. The molecule has 0 aliphatic rings. The molecule has 13 heavy (non-hydrogen) atoms. The van der Waals surface area contributed by atoms with Crippen molar-refractivity contribution in [3.63, 3.8) is 0 Å². The average molecular weight is 182 g/mol. The lowest BCUT2D eigenvalue weighted by Gasteiger charge is -2.20. The quantitative estimate of drug-likeness (QED) is 0.778. The van der Waals surface area contributed by atoms with E-state index in [1.165, 1.54) is 12.8 Å². The van der Waals surface area contributed by atoms with Gasteiger partial charge in [-0.15, -0.1) is 0 Å². The first kappa shape index (κ1) is 10.1. The summed E-state index contributed by atoms with van der Waals surface area (Å²) in [6.07, 6.45) is 3.53. The summed E-state index contributed by atoms with van der Waals surface area (Å²) in [5.74, 6) is 0.402. The fraction of sp³-hybridized carbons (Fsp3) is 0.700. The van der Waals surface area contributed by atoms with Crippen LogP contribution in [0.3, 0.4) is 0 Å². The zero-order valence-electron chi connectivity index (χ0n) is 8.63. The summed E-state index contributed by atoms with van der Waals surface area (Å²) in [7, 11) is 0. The van der Waals surface area contributed by atoms with E-state index in [9.17, 15) is 0 Å². The Balaban J connectivity index is 2.68. The Labute approximate surface area is 79.3 Å². The zero-order chi connectivity index (χ0) is 9.90. The molecule has 0 aromatic carbocycles. The van der Waals surface area contributed by atoms with Crippen LogP contribution in [0.25, 0.3) is 0 Å². The van der Waals surface area contributed by atoms with Crippen LogP contribution >= 0.6 is 0 Å². The predicted octanol–water partition coefficient (Wildman–Crippen LogP) is 2.72. The molecule has 1 aromatic rings. The molecule has 0 fully saturated rings. The molecule has 1 heterocycles. The van der Waals surface area contributed by atoms with Crippen LogP contribution in [-0.4, -0.2) is 5.16 Å². The van der Waals surface area contributed by atoms with Crippen LogP contribution in [0, 0.1) is 0 Å². The largest absolute Gasteiger partial charge is 0.368 e. The third kappa shape index (κ3) is 2.47. The minimum Gasteiger partial charge on any atom is -0.368 e. The molecule has 1 aromatic heterocycles. The molecular weight excluding hydrogens is 164 g/mol. The Morgan fingerprint density at radius 2 is 2.23 bits per heavy atom. The molecule has 0 unspecified atom stereocenters. The summed E-state index contributed by atoms with van der Waals surface area (Å²) < 4.78 is 4.86. The van der Waals surface area contributed by atoms with Gasteiger partial charge < -0.3 is 10.3 Å². The maximum Gasteiger partial charge on any atom is 0.222 e. The topological polar surface area (TPSA) is 52.0 Å². The highest BCUT2D eigenvalue weighted by Crippen LogP contribution is 2.28. The van der Waals surface area contributed by atoms with Crippen molar-refractivity contribution in [3.05, 3.63) is 11.8 Å². The molecular formula is C10H18N2O. The number of nitrogens with zero attached hydrogens (tertiary/aromatic N) is 1. The van der Waals surface area contributed by atoms with Gasteiger partial charge in [-0.05, 0) is 6.42 Å². The number of hydrogen-bond donors (Lipinski definition) is 1. The molecule has 0 bridgehead atoms. The van der Waals surface area contributed by atoms with Crippen molar-refractivity contribution in [1.29, 1.82) is 0 Å². The van der Waals surface area contributed by atoms with Gasteiger partial charge >= 0.3 is 0 Å². The normalized spacial score (nSPS) is 11.9. The van der Waals surface area contributed by atoms with E-state index in [1.54, 1.807) is 0 Å². The van der Waals surface area contributed by atoms with Crippen LogP contribution in [0.1, 0.15) is 45.7 Å². The maximum absolute atomic E-state index is 5.47. The molecule has 0 saturated carbocycles. The second-order valence-electron chi connectivity index (χ2n) is 4.10. The van der Waals surface area contributed by atoms with Crippen LogP contribution < -0.4 is 5.73 Å². The third-order valence-electron chi connectivity index (χ3n) is 2.38. The number of aromatic nitrogens is 1. The summed E-state index contributed by atoms with van der Waals surface area (Å²) >= 11 is 0. The van der Waals surface area contributed by atoms with E-state index in [-0.39, 0.29) is 5.41 Å². The van der Waals surface area contributed by atoms with Crippen molar-refractivity contribution in [2.24, 2.45) is 0 Å². The van der Waals surface area contributed by atoms with Crippen molar-refractivity contribution in [2.45, 2.75) is 45.4 Å². The minimum absolute atomic E-state index is 0.0805. The van der Waals surface area contributed by atoms with Gasteiger partial charge in [-0.3, -0.25) is 0 Å². The second-order valence-corrected chi connectivity index (χ2v) is 4.10. The van der Waals surface area contributed by atoms with Gasteiger partial charge in [0.25, 0.3) is 0 Å². The first-order chi connectivity index (χ1) is 6.06. The smallest absolute Gasteiger partial charge is 0.222 e. The van der Waals surface area contributed by atoms with Gasteiger partial charge in [-0.25, -0.2) is 0 Å². The summed E-state index contributed by atoms with van der Waals surface area (Å²) in [5, 5.41) is 3.94. The molecule has 3 nitrogen and oxygen atoms in total. The minimum atomic E-state index is 0.0805. The van der Waals surface area contributed by atoms with E-state index in [1.807, 2.05) is 6.07 Å². The van der Waals surface area contributed by atoms with Crippen molar-refractivity contribution in [3.8, 4) is 0 Å². The van der Waals surface area contributed by atoms with Gasteiger partial charge in [0.1, 0.15) is 0 Å². The number of nitrogens with two attached hydrogens (primary N) is 1. The van der Waals surface area contributed by atoms with Gasteiger partial charge in [-0.2, -0.15) is 0 Å². The summed E-state index contributed by atoms with van der Waals surface area (Å²) in [6, 6.07) is 1.82. The monoisotopic (exact) mass is 182 g/mol. The fourth-order valence-corrected chi connectivity index (χ4v) is 1.36. The van der Waals surface area contributed by atoms with E-state index >= 15 is 0 Å². The van der Waals surface area contributed by atoms with Crippen molar-refractivity contribution in [2.75, 3.05) is 5.73 Å². The molecule has 0 aliphatic heterocycles. The third-order valence-corrected chi connectivity index (χ3v) is 2.38. The molecule has 0 spiro atoms. The van der Waals surface area contributed by atoms with Gasteiger partial charge in [-0.1, -0.05) is 38.8 Å². The van der Waals surface area contributed by atoms with Gasteiger partial charge in [0.15, 0.2) is 0 Å². The summed E-state index contributed by atoms with van der Waals surface area (Å²) in [5.41, 5.74) is 6.51. The molecule has 2 N–H and O–H groups in total. The van der Waals surface area contributed by atoms with Crippen LogP contribution in [0.4, 0.5) is 5.88 Å². The van der Waals surface area contributed by atoms with Crippen LogP contribution in [0.15, 0.2) is 10.6 Å². The number of unbranched alkanes of at least 4 members (excludes halogenated alkanes) is 1. The fourth-order valence-electron chi connectivity index (χ4n) is 1.36. The first-order valence-electron chi connectivity index (χ1n) is 4.79. The summed E-state index contributed by atoms with van der Waals surface area (Å²) in [6.45, 7) is 6.52. The predicted molar refractivity (Wildman–Crippen MR) is 53.5 cm³/mol. The van der Waals surface area contributed by atoms with Crippen LogP contribution in [-0.2, 0) is 5.41 Å². The Hall–Kier alpha value is -0.990. The lowest BCUT2D eigenvalue weighted by Crippen LogP contribution is -2.17. The first-order valence-corrected chi connectivity index (χ1v) is 4.79. The van der Waals surface area contributed by atoms with Gasteiger partial charge in [0.2, 0.25) is 5.88 Å². The highest BCUT2D eigenvalue weighted by atomic mass is 16.5. The highest BCUT2D eigenvalue weighted by molar-refractivity contribution is 5.28. The van der Waals surface area contributed by atoms with E-state index in [0.717, 1.165) is 12.1 Å². The lowest BCUT2D eigenvalue weighted by molar-refractivity contribution is 0.379. The Morgan fingerprint density at radius 1 is 1.54 bits per heavy atom. The molecule has 0 radical (unpaired) electrons. The highest BCUT2D eigenvalue weighted by Gasteiger charge is 2.23. The molecule has 0 atom stereocenters. The number of rotatable bonds is 4. The van der Waals surface area contributed by atoms with Gasteiger partial charge in [0, 0.05) is 11.5 Å². The molecule has 3 heteroatoms. The average Bonchev–Trinajstić information content (AvgIpc) is 2.49. The molecule has 0 saturated heterocycles. The van der Waals surface area contributed by atoms with Crippen LogP contribution in [0.2, 0.25) is 0 Å². The van der Waals surface area contributed by atoms with Crippen molar-refractivity contribution in [1.82, 2.24) is 5.16 Å². The second kappa shape index (κ2) is 3.81.